The van der Waals surface area contributed by atoms with E-state index >= 15 is 0 Å². The van der Waals surface area contributed by atoms with Gasteiger partial charge in [0.1, 0.15) is 6.04 Å². The fourth-order valence-corrected chi connectivity index (χ4v) is 0.548. The molecule has 5 N–H and O–H groups in total. The second-order valence-electron chi connectivity index (χ2n) is 2.70. The van der Waals surface area contributed by atoms with Gasteiger partial charge in [-0.05, 0) is 6.42 Å². The number of primary amides is 1. The van der Waals surface area contributed by atoms with Crippen LogP contribution in [0.4, 0.5) is 0 Å². The van der Waals surface area contributed by atoms with Crippen LogP contribution in [0.25, 0.3) is 0 Å². The minimum atomic E-state index is -0.900. The molecule has 0 aliphatic rings. The molecule has 0 saturated carbocycles. The lowest BCUT2D eigenvalue weighted by atomic mass is 10.1. The van der Waals surface area contributed by atoms with Crippen molar-refractivity contribution in [3.8, 4) is 0 Å². The number of carbonyl (C=O) groups is 2. The summed E-state index contributed by atoms with van der Waals surface area (Å²) in [6.07, 6.45) is 2.49. The van der Waals surface area contributed by atoms with E-state index in [0.717, 1.165) is 12.8 Å². The third kappa shape index (κ3) is 18.1. The van der Waals surface area contributed by atoms with Gasteiger partial charge in [0.15, 0.2) is 0 Å². The van der Waals surface area contributed by atoms with E-state index in [-0.39, 0.29) is 5.91 Å². The summed E-state index contributed by atoms with van der Waals surface area (Å²) >= 11 is 0. The summed E-state index contributed by atoms with van der Waals surface area (Å²) < 4.78 is 0. The number of carboxylic acid groups (broad SMARTS) is 1. The van der Waals surface area contributed by atoms with E-state index in [0.29, 0.717) is 6.42 Å². The fraction of sp³-hybridized carbons (Fsp3) is 0.750. The maximum atomic E-state index is 10.1. The minimum absolute atomic E-state index is 0.333. The number of nitrogens with two attached hydrogens (primary N) is 2. The van der Waals surface area contributed by atoms with Crippen LogP contribution in [-0.2, 0) is 9.59 Å². The van der Waals surface area contributed by atoms with E-state index in [4.69, 9.17) is 10.8 Å². The zero-order chi connectivity index (χ0) is 10.9. The monoisotopic (exact) mass is 190 g/mol. The lowest BCUT2D eigenvalue weighted by Crippen LogP contribution is -2.29. The molecule has 0 heterocycles. The number of unbranched alkanes of at least 4 members (excludes halogenated alkanes) is 1. The van der Waals surface area contributed by atoms with Crippen molar-refractivity contribution in [2.45, 2.75) is 39.2 Å². The van der Waals surface area contributed by atoms with Crippen LogP contribution in [0.2, 0.25) is 0 Å². The smallest absolute Gasteiger partial charge is 0.320 e. The molecule has 1 atom stereocenters. The molecule has 0 aromatic carbocycles. The molecule has 0 spiro atoms. The average Bonchev–Trinajstić information content (AvgIpc) is 1.98. The third-order valence-electron chi connectivity index (χ3n) is 1.19. The molecule has 5 heteroatoms. The van der Waals surface area contributed by atoms with Crippen LogP contribution in [0.1, 0.15) is 33.1 Å². The molecule has 0 fully saturated rings. The second-order valence-corrected chi connectivity index (χ2v) is 2.70. The van der Waals surface area contributed by atoms with Gasteiger partial charge in [0.05, 0.1) is 0 Å². The van der Waals surface area contributed by atoms with Crippen molar-refractivity contribution in [3.63, 3.8) is 0 Å². The number of carboxylic acids is 1. The number of hydrogen-bond donors (Lipinski definition) is 3. The van der Waals surface area contributed by atoms with Gasteiger partial charge in [-0.1, -0.05) is 19.8 Å². The third-order valence-corrected chi connectivity index (χ3v) is 1.19. The average molecular weight is 190 g/mol. The summed E-state index contributed by atoms with van der Waals surface area (Å²) in [6.45, 7) is 3.31. The Bertz CT molecular complexity index is 155. The van der Waals surface area contributed by atoms with E-state index in [1.165, 1.54) is 6.92 Å². The standard InChI is InChI=1S/C6H13NO2.C2H5NO/c1-2-3-4-5(7)6(8)9;1-2(3)4/h5H,2-4,7H2,1H3,(H,8,9);1H3,(H2,3,4). The zero-order valence-electron chi connectivity index (χ0n) is 8.12. The number of carbonyl (C=O) groups excluding carboxylic acids is 1. The van der Waals surface area contributed by atoms with Crippen LogP contribution in [-0.4, -0.2) is 23.0 Å². The van der Waals surface area contributed by atoms with E-state index in [1.807, 2.05) is 6.92 Å². The van der Waals surface area contributed by atoms with Gasteiger partial charge in [-0.25, -0.2) is 0 Å². The van der Waals surface area contributed by atoms with E-state index in [1.54, 1.807) is 0 Å². The molecule has 78 valence electrons. The Morgan fingerprint density at radius 2 is 1.85 bits per heavy atom. The molecule has 1 unspecified atom stereocenters. The maximum absolute atomic E-state index is 10.1. The van der Waals surface area contributed by atoms with Crippen LogP contribution < -0.4 is 11.5 Å². The van der Waals surface area contributed by atoms with Crippen LogP contribution >= 0.6 is 0 Å². The van der Waals surface area contributed by atoms with Gasteiger partial charge >= 0.3 is 5.97 Å². The Kier molecular flexibility index (Phi) is 9.98. The minimum Gasteiger partial charge on any atom is -0.480 e. The Balaban J connectivity index is 0. The zero-order valence-corrected chi connectivity index (χ0v) is 8.12. The first-order chi connectivity index (χ1) is 5.91. The molecule has 0 aliphatic carbocycles. The topological polar surface area (TPSA) is 106 Å². The summed E-state index contributed by atoms with van der Waals surface area (Å²) in [5.74, 6) is -1.23. The van der Waals surface area contributed by atoms with E-state index in [9.17, 15) is 9.59 Å². The van der Waals surface area contributed by atoms with Gasteiger partial charge in [0.25, 0.3) is 0 Å². The SMILES string of the molecule is CC(N)=O.CCCCC(N)C(=O)O. The fourth-order valence-electron chi connectivity index (χ4n) is 0.548. The summed E-state index contributed by atoms with van der Waals surface area (Å²) in [6, 6.07) is -0.662. The highest BCUT2D eigenvalue weighted by Crippen LogP contribution is 1.96. The van der Waals surface area contributed by atoms with Crippen molar-refractivity contribution >= 4 is 11.9 Å². The Labute approximate surface area is 78.1 Å². The van der Waals surface area contributed by atoms with Crippen molar-refractivity contribution in [3.05, 3.63) is 0 Å². The lowest BCUT2D eigenvalue weighted by molar-refractivity contribution is -0.138. The van der Waals surface area contributed by atoms with Crippen molar-refractivity contribution in [2.75, 3.05) is 0 Å². The number of aliphatic carboxylic acids is 1. The molecule has 13 heavy (non-hydrogen) atoms. The molecule has 0 radical (unpaired) electrons. The first kappa shape index (κ1) is 14.4. The highest BCUT2D eigenvalue weighted by Gasteiger charge is 2.08. The van der Waals surface area contributed by atoms with Gasteiger partial charge in [-0.15, -0.1) is 0 Å². The summed E-state index contributed by atoms with van der Waals surface area (Å²) in [5.41, 5.74) is 9.68. The first-order valence-electron chi connectivity index (χ1n) is 4.16. The largest absolute Gasteiger partial charge is 0.480 e. The van der Waals surface area contributed by atoms with Crippen LogP contribution in [0.5, 0.6) is 0 Å². The van der Waals surface area contributed by atoms with Gasteiger partial charge in [0, 0.05) is 6.92 Å². The van der Waals surface area contributed by atoms with Crippen molar-refractivity contribution in [1.82, 2.24) is 0 Å². The molecular weight excluding hydrogens is 172 g/mol. The molecule has 0 aliphatic heterocycles. The second kappa shape index (κ2) is 8.99. The van der Waals surface area contributed by atoms with Crippen molar-refractivity contribution < 1.29 is 14.7 Å². The summed E-state index contributed by atoms with van der Waals surface area (Å²) in [7, 11) is 0. The van der Waals surface area contributed by atoms with Crippen LogP contribution in [0, 0.1) is 0 Å². The molecule has 0 aromatic heterocycles. The molecular formula is C8H18N2O3. The summed E-state index contributed by atoms with van der Waals surface area (Å²) in [4.78, 5) is 19.3. The van der Waals surface area contributed by atoms with Gasteiger partial charge in [-0.2, -0.15) is 0 Å². The summed E-state index contributed by atoms with van der Waals surface area (Å²) in [5, 5.41) is 8.28. The highest BCUT2D eigenvalue weighted by molar-refractivity contribution is 5.72. The van der Waals surface area contributed by atoms with Gasteiger partial charge < -0.3 is 16.6 Å². The highest BCUT2D eigenvalue weighted by atomic mass is 16.4. The molecule has 0 saturated heterocycles. The predicted molar refractivity (Wildman–Crippen MR) is 50.0 cm³/mol. The lowest BCUT2D eigenvalue weighted by Gasteiger charge is -2.02. The first-order valence-corrected chi connectivity index (χ1v) is 4.16. The molecule has 5 nitrogen and oxygen atoms in total. The number of amides is 1. The Morgan fingerprint density at radius 3 is 2.08 bits per heavy atom. The Hall–Kier alpha value is -1.10. The van der Waals surface area contributed by atoms with Crippen LogP contribution in [0.15, 0.2) is 0 Å². The van der Waals surface area contributed by atoms with Gasteiger partial charge in [-0.3, -0.25) is 9.59 Å². The van der Waals surface area contributed by atoms with Crippen molar-refractivity contribution in [1.29, 1.82) is 0 Å². The molecule has 0 bridgehead atoms. The number of rotatable bonds is 4. The molecule has 0 rings (SSSR count). The molecule has 0 aromatic rings. The van der Waals surface area contributed by atoms with Crippen molar-refractivity contribution in [2.24, 2.45) is 11.5 Å². The van der Waals surface area contributed by atoms with Gasteiger partial charge in [0.2, 0.25) is 5.91 Å². The van der Waals surface area contributed by atoms with E-state index < -0.39 is 12.0 Å². The maximum Gasteiger partial charge on any atom is 0.320 e. The number of hydrogen-bond acceptors (Lipinski definition) is 3. The quantitative estimate of drug-likeness (QED) is 0.583. The normalized spacial score (nSPS) is 11.0. The Morgan fingerprint density at radius 1 is 1.46 bits per heavy atom. The van der Waals surface area contributed by atoms with Crippen LogP contribution in [0.3, 0.4) is 0 Å². The molecule has 1 amide bonds. The van der Waals surface area contributed by atoms with E-state index in [2.05, 4.69) is 5.73 Å². The predicted octanol–water partition coefficient (Wildman–Crippen LogP) is 0.0801.